The minimum Gasteiger partial charge on any atom is -0.309 e. The second-order valence-corrected chi connectivity index (χ2v) is 11.2. The summed E-state index contributed by atoms with van der Waals surface area (Å²) < 4.78 is 2.38. The number of hydrogen-bond acceptors (Lipinski definition) is 0. The van der Waals surface area contributed by atoms with E-state index in [0.29, 0.717) is 0 Å². The fourth-order valence-electron chi connectivity index (χ4n) is 6.74. The van der Waals surface area contributed by atoms with Crippen molar-refractivity contribution in [2.45, 2.75) is 13.3 Å². The Labute approximate surface area is 252 Å². The van der Waals surface area contributed by atoms with Crippen molar-refractivity contribution in [1.82, 2.24) is 4.57 Å². The molecule has 0 fully saturated rings. The first kappa shape index (κ1) is 25.3. The Morgan fingerprint density at radius 3 is 1.28 bits per heavy atom. The van der Waals surface area contributed by atoms with Crippen molar-refractivity contribution in [3.8, 4) is 27.9 Å². The molecule has 0 radical (unpaired) electrons. The molecule has 0 bridgehead atoms. The predicted molar refractivity (Wildman–Crippen MR) is 186 cm³/mol. The lowest BCUT2D eigenvalue weighted by Gasteiger charge is -2.18. The fraction of sp³-hybridized carbons (Fsp3) is 0.0476. The number of rotatable bonds is 5. The molecule has 0 saturated carbocycles. The number of allylic oxidation sites excluding steroid dienone is 1. The van der Waals surface area contributed by atoms with E-state index in [1.54, 1.807) is 0 Å². The first-order valence-corrected chi connectivity index (χ1v) is 15.1. The van der Waals surface area contributed by atoms with Crippen LogP contribution in [0.3, 0.4) is 0 Å². The number of nitrogens with zero attached hydrogens (tertiary/aromatic N) is 1. The van der Waals surface area contributed by atoms with Crippen LogP contribution in [0.2, 0.25) is 0 Å². The van der Waals surface area contributed by atoms with Crippen LogP contribution in [0.5, 0.6) is 0 Å². The number of benzene rings is 7. The topological polar surface area (TPSA) is 4.93 Å². The molecule has 0 aliphatic rings. The van der Waals surface area contributed by atoms with Crippen molar-refractivity contribution in [3.63, 3.8) is 0 Å². The van der Waals surface area contributed by atoms with Crippen LogP contribution in [0.4, 0.5) is 0 Å². The molecule has 8 rings (SSSR count). The summed E-state index contributed by atoms with van der Waals surface area (Å²) in [6.07, 6.45) is 5.45. The van der Waals surface area contributed by atoms with Crippen LogP contribution in [-0.4, -0.2) is 4.57 Å². The number of hydrogen-bond donors (Lipinski definition) is 0. The number of fused-ring (bicyclic) bond motifs is 5. The molecule has 0 aliphatic carbocycles. The van der Waals surface area contributed by atoms with Gasteiger partial charge < -0.3 is 4.57 Å². The van der Waals surface area contributed by atoms with Gasteiger partial charge in [0.2, 0.25) is 0 Å². The molecule has 0 aliphatic heterocycles. The lowest BCUT2D eigenvalue weighted by atomic mass is 9.86. The summed E-state index contributed by atoms with van der Waals surface area (Å²) in [6, 6.07) is 53.3. The third kappa shape index (κ3) is 4.16. The van der Waals surface area contributed by atoms with Gasteiger partial charge in [-0.15, -0.1) is 0 Å². The standard InChI is InChI=1S/C42H31N/c1-2-3-12-29-21-23-30(24-22-29)41-35-15-4-6-17-37(35)42(38-18-7-5-16-36(38)41)31-25-27-32(28-26-31)43-39-19-10-8-13-33(39)34-14-9-11-20-40(34)43/h3-28H,2H2,1H3. The van der Waals surface area contributed by atoms with E-state index in [-0.39, 0.29) is 0 Å². The van der Waals surface area contributed by atoms with Gasteiger partial charge in [-0.1, -0.05) is 140 Å². The van der Waals surface area contributed by atoms with Gasteiger partial charge in [-0.3, -0.25) is 0 Å². The lowest BCUT2D eigenvalue weighted by Crippen LogP contribution is -1.94. The van der Waals surface area contributed by atoms with Crippen LogP contribution >= 0.6 is 0 Å². The van der Waals surface area contributed by atoms with E-state index in [1.807, 2.05) is 0 Å². The summed E-state index contributed by atoms with van der Waals surface area (Å²) in [5.41, 5.74) is 9.91. The fourth-order valence-corrected chi connectivity index (χ4v) is 6.74. The molecule has 1 heterocycles. The van der Waals surface area contributed by atoms with E-state index in [4.69, 9.17) is 0 Å². The van der Waals surface area contributed by atoms with Crippen LogP contribution in [0.15, 0.2) is 152 Å². The van der Waals surface area contributed by atoms with Crippen molar-refractivity contribution in [3.05, 3.63) is 157 Å². The second-order valence-electron chi connectivity index (χ2n) is 11.2. The van der Waals surface area contributed by atoms with Crippen molar-refractivity contribution >= 4 is 49.4 Å². The van der Waals surface area contributed by atoms with Crippen molar-refractivity contribution in [2.24, 2.45) is 0 Å². The van der Waals surface area contributed by atoms with Crippen LogP contribution in [0.25, 0.3) is 77.4 Å². The average molecular weight is 550 g/mol. The first-order valence-electron chi connectivity index (χ1n) is 15.1. The van der Waals surface area contributed by atoms with Gasteiger partial charge in [0, 0.05) is 16.5 Å². The molecule has 1 aromatic heterocycles. The molecule has 0 N–H and O–H groups in total. The quantitative estimate of drug-likeness (QED) is 0.188. The van der Waals surface area contributed by atoms with Gasteiger partial charge in [0.25, 0.3) is 0 Å². The van der Waals surface area contributed by atoms with Gasteiger partial charge in [0.1, 0.15) is 0 Å². The minimum atomic E-state index is 1.04. The van der Waals surface area contributed by atoms with Gasteiger partial charge in [-0.05, 0) is 80.0 Å². The summed E-state index contributed by atoms with van der Waals surface area (Å²) >= 11 is 0. The summed E-state index contributed by atoms with van der Waals surface area (Å²) in [5, 5.41) is 7.67. The zero-order valence-electron chi connectivity index (χ0n) is 24.2. The highest BCUT2D eigenvalue weighted by Crippen LogP contribution is 2.44. The van der Waals surface area contributed by atoms with Crippen LogP contribution < -0.4 is 0 Å². The molecule has 0 spiro atoms. The molecule has 1 nitrogen and oxygen atoms in total. The number of aromatic nitrogens is 1. The molecule has 1 heteroatoms. The van der Waals surface area contributed by atoms with Gasteiger partial charge in [-0.25, -0.2) is 0 Å². The molecule has 0 saturated heterocycles. The Bertz CT molecular complexity index is 2190. The Balaban J connectivity index is 1.32. The van der Waals surface area contributed by atoms with E-state index >= 15 is 0 Å². The molecule has 8 aromatic rings. The highest BCUT2D eigenvalue weighted by atomic mass is 15.0. The Morgan fingerprint density at radius 2 is 0.837 bits per heavy atom. The van der Waals surface area contributed by atoms with E-state index in [2.05, 4.69) is 169 Å². The second kappa shape index (κ2) is 10.5. The molecule has 0 atom stereocenters. The van der Waals surface area contributed by atoms with Gasteiger partial charge >= 0.3 is 0 Å². The van der Waals surface area contributed by atoms with E-state index in [0.717, 1.165) is 6.42 Å². The Hall–Kier alpha value is -5.40. The third-order valence-corrected chi connectivity index (χ3v) is 8.67. The molecule has 204 valence electrons. The van der Waals surface area contributed by atoms with Crippen LogP contribution in [0, 0.1) is 0 Å². The largest absolute Gasteiger partial charge is 0.309 e. The maximum atomic E-state index is 2.38. The van der Waals surface area contributed by atoms with Gasteiger partial charge in [0.15, 0.2) is 0 Å². The maximum Gasteiger partial charge on any atom is 0.0541 e. The maximum absolute atomic E-state index is 2.38. The van der Waals surface area contributed by atoms with Crippen molar-refractivity contribution in [1.29, 1.82) is 0 Å². The van der Waals surface area contributed by atoms with Crippen LogP contribution in [-0.2, 0) is 0 Å². The SMILES string of the molecule is CCC=Cc1ccc(-c2c3ccccc3c(-c3ccc(-n4c5ccccc5c5ccccc54)cc3)c3ccccc23)cc1. The van der Waals surface area contributed by atoms with Crippen molar-refractivity contribution < 1.29 is 0 Å². The number of para-hydroxylation sites is 2. The highest BCUT2D eigenvalue weighted by Gasteiger charge is 2.17. The summed E-state index contributed by atoms with van der Waals surface area (Å²) in [7, 11) is 0. The molecule has 0 unspecified atom stereocenters. The lowest BCUT2D eigenvalue weighted by molar-refractivity contribution is 1.18. The first-order chi connectivity index (χ1) is 21.3. The monoisotopic (exact) mass is 549 g/mol. The highest BCUT2D eigenvalue weighted by molar-refractivity contribution is 6.21. The normalized spacial score (nSPS) is 11.8. The van der Waals surface area contributed by atoms with Gasteiger partial charge in [-0.2, -0.15) is 0 Å². The molecular formula is C42H31N. The smallest absolute Gasteiger partial charge is 0.0541 e. The van der Waals surface area contributed by atoms with Crippen molar-refractivity contribution in [2.75, 3.05) is 0 Å². The van der Waals surface area contributed by atoms with E-state index < -0.39 is 0 Å². The van der Waals surface area contributed by atoms with E-state index in [9.17, 15) is 0 Å². The Morgan fingerprint density at radius 1 is 0.442 bits per heavy atom. The van der Waals surface area contributed by atoms with Crippen LogP contribution in [0.1, 0.15) is 18.9 Å². The molecule has 43 heavy (non-hydrogen) atoms. The Kier molecular flexibility index (Phi) is 6.16. The molecular weight excluding hydrogens is 518 g/mol. The summed E-state index contributed by atoms with van der Waals surface area (Å²) in [6.45, 7) is 2.17. The predicted octanol–water partition coefficient (Wildman–Crippen LogP) is 11.8. The molecule has 7 aromatic carbocycles. The third-order valence-electron chi connectivity index (χ3n) is 8.67. The zero-order chi connectivity index (χ0) is 28.8. The summed E-state index contributed by atoms with van der Waals surface area (Å²) in [4.78, 5) is 0. The minimum absolute atomic E-state index is 1.04. The average Bonchev–Trinajstić information content (AvgIpc) is 3.41. The van der Waals surface area contributed by atoms with E-state index in [1.165, 1.54) is 76.9 Å². The van der Waals surface area contributed by atoms with Gasteiger partial charge in [0.05, 0.1) is 11.0 Å². The zero-order valence-corrected chi connectivity index (χ0v) is 24.2. The summed E-state index contributed by atoms with van der Waals surface area (Å²) in [5.74, 6) is 0. The molecule has 0 amide bonds.